The van der Waals surface area contributed by atoms with Gasteiger partial charge in [0.15, 0.2) is 5.58 Å². The summed E-state index contributed by atoms with van der Waals surface area (Å²) in [7, 11) is 1.56. The minimum absolute atomic E-state index is 0.172. The first-order valence-corrected chi connectivity index (χ1v) is 8.56. The van der Waals surface area contributed by atoms with Crippen molar-refractivity contribution < 1.29 is 13.9 Å². The molecule has 0 aliphatic rings. The van der Waals surface area contributed by atoms with E-state index in [1.54, 1.807) is 42.7 Å². The fourth-order valence-electron chi connectivity index (χ4n) is 2.52. The number of thiophene rings is 1. The molecule has 6 heteroatoms. The highest BCUT2D eigenvalue weighted by atomic mass is 32.1. The van der Waals surface area contributed by atoms with Gasteiger partial charge in [0, 0.05) is 5.56 Å². The molecular formula is C19H14N2O3S. The minimum Gasteiger partial charge on any atom is -0.497 e. The summed E-state index contributed by atoms with van der Waals surface area (Å²) in [5.41, 5.74) is 3.98. The number of anilines is 1. The number of rotatable bonds is 4. The number of carbonyl (C=O) groups is 1. The van der Waals surface area contributed by atoms with Crippen molar-refractivity contribution in [3.05, 3.63) is 64.9 Å². The van der Waals surface area contributed by atoms with Gasteiger partial charge in [-0.3, -0.25) is 10.1 Å². The zero-order valence-electron chi connectivity index (χ0n) is 13.4. The van der Waals surface area contributed by atoms with Gasteiger partial charge >= 0.3 is 6.01 Å². The van der Waals surface area contributed by atoms with Crippen molar-refractivity contribution >= 4 is 34.4 Å². The second-order valence-electron chi connectivity index (χ2n) is 5.40. The van der Waals surface area contributed by atoms with Gasteiger partial charge in [-0.15, -0.1) is 0 Å². The molecule has 0 saturated heterocycles. The first kappa shape index (κ1) is 15.4. The largest absolute Gasteiger partial charge is 0.497 e. The predicted octanol–water partition coefficient (Wildman–Crippen LogP) is 4.82. The summed E-state index contributed by atoms with van der Waals surface area (Å²) < 4.78 is 10.8. The number of fused-ring (bicyclic) bond motifs is 1. The Balaban J connectivity index is 1.60. The molecule has 0 unspecified atom stereocenters. The van der Waals surface area contributed by atoms with E-state index in [0.717, 1.165) is 11.1 Å². The first-order valence-electron chi connectivity index (χ1n) is 7.61. The molecule has 0 radical (unpaired) electrons. The van der Waals surface area contributed by atoms with Crippen LogP contribution in [0.4, 0.5) is 6.01 Å². The second kappa shape index (κ2) is 6.41. The summed E-state index contributed by atoms with van der Waals surface area (Å²) in [5, 5.41) is 6.78. The molecule has 0 aliphatic heterocycles. The molecule has 4 aromatic rings. The van der Waals surface area contributed by atoms with Gasteiger partial charge in [0.25, 0.3) is 5.91 Å². The number of methoxy groups -OCH3 is 1. The molecule has 4 rings (SSSR count). The Hall–Kier alpha value is -3.12. The SMILES string of the molecule is COc1cccc(C(=O)Nc2nc3ccc(-c4ccsc4)cc3o2)c1. The molecule has 1 amide bonds. The zero-order valence-corrected chi connectivity index (χ0v) is 14.2. The van der Waals surface area contributed by atoms with Crippen LogP contribution in [0.5, 0.6) is 5.75 Å². The van der Waals surface area contributed by atoms with Crippen molar-refractivity contribution in [2.75, 3.05) is 12.4 Å². The Kier molecular flexibility index (Phi) is 3.95. The summed E-state index contributed by atoms with van der Waals surface area (Å²) in [6, 6.07) is 14.9. The third-order valence-electron chi connectivity index (χ3n) is 3.80. The third-order valence-corrected chi connectivity index (χ3v) is 4.48. The van der Waals surface area contributed by atoms with Crippen molar-refractivity contribution in [2.24, 2.45) is 0 Å². The number of ether oxygens (including phenoxy) is 1. The van der Waals surface area contributed by atoms with Gasteiger partial charge in [-0.05, 0) is 58.3 Å². The molecule has 0 bridgehead atoms. The maximum Gasteiger partial charge on any atom is 0.302 e. The molecule has 0 fully saturated rings. The Morgan fingerprint density at radius 3 is 2.88 bits per heavy atom. The monoisotopic (exact) mass is 350 g/mol. The number of carbonyl (C=O) groups excluding carboxylic acids is 1. The number of amides is 1. The smallest absolute Gasteiger partial charge is 0.302 e. The summed E-state index contributed by atoms with van der Waals surface area (Å²) in [4.78, 5) is 16.7. The number of nitrogens with one attached hydrogen (secondary N) is 1. The molecular weight excluding hydrogens is 336 g/mol. The summed E-state index contributed by atoms with van der Waals surface area (Å²) in [6.07, 6.45) is 0. The number of benzene rings is 2. The molecule has 0 spiro atoms. The van der Waals surface area contributed by atoms with E-state index in [9.17, 15) is 4.79 Å². The number of hydrogen-bond acceptors (Lipinski definition) is 5. The zero-order chi connectivity index (χ0) is 17.2. The van der Waals surface area contributed by atoms with Gasteiger partial charge in [0.05, 0.1) is 7.11 Å². The molecule has 0 atom stereocenters. The van der Waals surface area contributed by atoms with E-state index in [4.69, 9.17) is 9.15 Å². The molecule has 2 aromatic heterocycles. The van der Waals surface area contributed by atoms with Crippen LogP contribution in [0, 0.1) is 0 Å². The van der Waals surface area contributed by atoms with E-state index in [2.05, 4.69) is 15.7 Å². The Morgan fingerprint density at radius 2 is 2.08 bits per heavy atom. The van der Waals surface area contributed by atoms with Crippen LogP contribution in [0.2, 0.25) is 0 Å². The van der Waals surface area contributed by atoms with Crippen molar-refractivity contribution in [1.82, 2.24) is 4.98 Å². The third kappa shape index (κ3) is 3.12. The van der Waals surface area contributed by atoms with Crippen LogP contribution in [0.1, 0.15) is 10.4 Å². The Labute approximate surface area is 147 Å². The van der Waals surface area contributed by atoms with Crippen LogP contribution in [0.25, 0.3) is 22.2 Å². The average molecular weight is 350 g/mol. The fourth-order valence-corrected chi connectivity index (χ4v) is 3.18. The number of nitrogens with zero attached hydrogens (tertiary/aromatic N) is 1. The van der Waals surface area contributed by atoms with Gasteiger partial charge in [0.2, 0.25) is 0 Å². The van der Waals surface area contributed by atoms with Crippen LogP contribution in [0.15, 0.2) is 63.7 Å². The van der Waals surface area contributed by atoms with E-state index in [0.29, 0.717) is 22.4 Å². The fraction of sp³-hybridized carbons (Fsp3) is 0.0526. The van der Waals surface area contributed by atoms with Gasteiger partial charge in [-0.25, -0.2) is 0 Å². The molecule has 0 aliphatic carbocycles. The summed E-state index contributed by atoms with van der Waals surface area (Å²) in [5.74, 6) is 0.314. The lowest BCUT2D eigenvalue weighted by Crippen LogP contribution is -2.12. The minimum atomic E-state index is -0.302. The van der Waals surface area contributed by atoms with Gasteiger partial charge in [-0.1, -0.05) is 12.1 Å². The second-order valence-corrected chi connectivity index (χ2v) is 6.18. The van der Waals surface area contributed by atoms with E-state index >= 15 is 0 Å². The van der Waals surface area contributed by atoms with Crippen molar-refractivity contribution in [3.8, 4) is 16.9 Å². The number of oxazole rings is 1. The maximum absolute atomic E-state index is 12.3. The standard InChI is InChI=1S/C19H14N2O3S/c1-23-15-4-2-3-13(9-15)18(22)21-19-20-16-6-5-12(10-17(16)24-19)14-7-8-25-11-14/h2-11H,1H3,(H,20,21,22). The highest BCUT2D eigenvalue weighted by Gasteiger charge is 2.12. The van der Waals surface area contributed by atoms with Gasteiger partial charge in [-0.2, -0.15) is 16.3 Å². The number of aromatic nitrogens is 1. The first-order chi connectivity index (χ1) is 12.2. The van der Waals surface area contributed by atoms with Gasteiger partial charge < -0.3 is 9.15 Å². The van der Waals surface area contributed by atoms with Crippen molar-refractivity contribution in [2.45, 2.75) is 0 Å². The Bertz CT molecular complexity index is 1040. The van der Waals surface area contributed by atoms with Crippen molar-refractivity contribution in [3.63, 3.8) is 0 Å². The summed E-state index contributed by atoms with van der Waals surface area (Å²) >= 11 is 1.64. The number of hydrogen-bond donors (Lipinski definition) is 1. The normalized spacial score (nSPS) is 10.8. The molecule has 25 heavy (non-hydrogen) atoms. The van der Waals surface area contributed by atoms with E-state index < -0.39 is 0 Å². The highest BCUT2D eigenvalue weighted by Crippen LogP contribution is 2.28. The highest BCUT2D eigenvalue weighted by molar-refractivity contribution is 7.08. The lowest BCUT2D eigenvalue weighted by molar-refractivity contribution is 0.102. The van der Waals surface area contributed by atoms with Crippen LogP contribution in [-0.4, -0.2) is 18.0 Å². The van der Waals surface area contributed by atoms with E-state index in [1.807, 2.05) is 29.6 Å². The molecule has 1 N–H and O–H groups in total. The quantitative estimate of drug-likeness (QED) is 0.573. The van der Waals surface area contributed by atoms with E-state index in [-0.39, 0.29) is 11.9 Å². The molecule has 2 aromatic carbocycles. The predicted molar refractivity (Wildman–Crippen MR) is 98.3 cm³/mol. The van der Waals surface area contributed by atoms with Crippen LogP contribution in [-0.2, 0) is 0 Å². The lowest BCUT2D eigenvalue weighted by atomic mass is 10.1. The summed E-state index contributed by atoms with van der Waals surface area (Å²) in [6.45, 7) is 0. The lowest BCUT2D eigenvalue weighted by Gasteiger charge is -2.03. The molecule has 5 nitrogen and oxygen atoms in total. The molecule has 0 saturated carbocycles. The van der Waals surface area contributed by atoms with Crippen LogP contribution >= 0.6 is 11.3 Å². The van der Waals surface area contributed by atoms with Crippen LogP contribution in [0.3, 0.4) is 0 Å². The molecule has 124 valence electrons. The molecule has 2 heterocycles. The average Bonchev–Trinajstić information content (AvgIpc) is 3.30. The van der Waals surface area contributed by atoms with Gasteiger partial charge in [0.1, 0.15) is 11.3 Å². The van der Waals surface area contributed by atoms with Crippen LogP contribution < -0.4 is 10.1 Å². The Morgan fingerprint density at radius 1 is 1.16 bits per heavy atom. The van der Waals surface area contributed by atoms with E-state index in [1.165, 1.54) is 0 Å². The maximum atomic E-state index is 12.3. The van der Waals surface area contributed by atoms with Crippen molar-refractivity contribution in [1.29, 1.82) is 0 Å². The topological polar surface area (TPSA) is 64.4 Å².